The number of sulfonamides is 1. The Morgan fingerprint density at radius 3 is 2.80 bits per heavy atom. The van der Waals surface area contributed by atoms with Gasteiger partial charge < -0.3 is 5.73 Å². The molecule has 8 heteroatoms. The third-order valence-corrected chi connectivity index (χ3v) is 4.49. The van der Waals surface area contributed by atoms with Gasteiger partial charge in [-0.3, -0.25) is 0 Å². The Kier molecular flexibility index (Phi) is 4.36. The lowest BCUT2D eigenvalue weighted by molar-refractivity contribution is 0.574. The second-order valence-corrected chi connectivity index (χ2v) is 6.60. The minimum absolute atomic E-state index is 0.102. The Bertz CT molecular complexity index is 737. The van der Waals surface area contributed by atoms with Crippen LogP contribution in [0.15, 0.2) is 45.9 Å². The second kappa shape index (κ2) is 5.86. The average Bonchev–Trinajstić information content (AvgIpc) is 2.40. The van der Waals surface area contributed by atoms with E-state index in [9.17, 15) is 12.8 Å². The van der Waals surface area contributed by atoms with Crippen LogP contribution in [0.4, 0.5) is 10.2 Å². The Hall–Kier alpha value is -1.51. The van der Waals surface area contributed by atoms with E-state index in [1.807, 2.05) is 0 Å². The molecule has 1 aromatic heterocycles. The van der Waals surface area contributed by atoms with Gasteiger partial charge in [0.1, 0.15) is 16.5 Å². The number of rotatable bonds is 4. The van der Waals surface area contributed by atoms with Gasteiger partial charge >= 0.3 is 0 Å². The van der Waals surface area contributed by atoms with E-state index in [1.165, 1.54) is 36.5 Å². The van der Waals surface area contributed by atoms with E-state index < -0.39 is 15.8 Å². The van der Waals surface area contributed by atoms with E-state index in [1.54, 1.807) is 0 Å². The quantitative estimate of drug-likeness (QED) is 0.874. The zero-order chi connectivity index (χ0) is 14.8. The molecule has 0 radical (unpaired) electrons. The average molecular weight is 360 g/mol. The minimum atomic E-state index is -3.84. The molecule has 0 saturated carbocycles. The number of pyridine rings is 1. The third kappa shape index (κ3) is 3.33. The van der Waals surface area contributed by atoms with Crippen molar-refractivity contribution in [3.05, 3.63) is 52.4 Å². The van der Waals surface area contributed by atoms with E-state index in [0.29, 0.717) is 4.47 Å². The van der Waals surface area contributed by atoms with Gasteiger partial charge in [-0.25, -0.2) is 22.5 Å². The lowest BCUT2D eigenvalue weighted by Gasteiger charge is -2.09. The van der Waals surface area contributed by atoms with Gasteiger partial charge in [-0.05, 0) is 30.3 Å². The van der Waals surface area contributed by atoms with Gasteiger partial charge in [0.25, 0.3) is 0 Å². The zero-order valence-electron chi connectivity index (χ0n) is 10.2. The number of hydrogen-bond donors (Lipinski definition) is 2. The van der Waals surface area contributed by atoms with Crippen LogP contribution in [0.3, 0.4) is 0 Å². The van der Waals surface area contributed by atoms with Gasteiger partial charge in [-0.1, -0.05) is 15.9 Å². The predicted octanol–water partition coefficient (Wildman–Crippen LogP) is 2.04. The number of hydrogen-bond acceptors (Lipinski definition) is 4. The van der Waals surface area contributed by atoms with Gasteiger partial charge in [-0.2, -0.15) is 0 Å². The first kappa shape index (κ1) is 14.9. The van der Waals surface area contributed by atoms with Gasteiger partial charge in [-0.15, -0.1) is 0 Å². The van der Waals surface area contributed by atoms with Crippen molar-refractivity contribution in [2.75, 3.05) is 5.73 Å². The van der Waals surface area contributed by atoms with Crippen molar-refractivity contribution >= 4 is 31.8 Å². The molecule has 2 aromatic rings. The Morgan fingerprint density at radius 1 is 1.35 bits per heavy atom. The Morgan fingerprint density at radius 2 is 2.10 bits per heavy atom. The largest absolute Gasteiger partial charge is 0.383 e. The van der Waals surface area contributed by atoms with Crippen LogP contribution in [0.25, 0.3) is 0 Å². The molecule has 1 aromatic carbocycles. The summed E-state index contributed by atoms with van der Waals surface area (Å²) in [6.07, 6.45) is 1.39. The first-order valence-electron chi connectivity index (χ1n) is 5.54. The normalized spacial score (nSPS) is 11.5. The molecule has 106 valence electrons. The first-order chi connectivity index (χ1) is 9.40. The minimum Gasteiger partial charge on any atom is -0.383 e. The molecule has 3 N–H and O–H groups in total. The summed E-state index contributed by atoms with van der Waals surface area (Å²) in [4.78, 5) is 3.58. The van der Waals surface area contributed by atoms with Gasteiger partial charge in [0.2, 0.25) is 10.0 Å². The predicted molar refractivity (Wildman–Crippen MR) is 76.8 cm³/mol. The zero-order valence-corrected chi connectivity index (χ0v) is 12.6. The van der Waals surface area contributed by atoms with Gasteiger partial charge in [0, 0.05) is 22.8 Å². The Balaban J connectivity index is 2.22. The highest BCUT2D eigenvalue weighted by atomic mass is 79.9. The molecule has 0 amide bonds. The lowest BCUT2D eigenvalue weighted by atomic mass is 10.2. The molecule has 0 spiro atoms. The van der Waals surface area contributed by atoms with Crippen LogP contribution in [0.5, 0.6) is 0 Å². The number of anilines is 1. The van der Waals surface area contributed by atoms with Crippen LogP contribution in [-0.4, -0.2) is 13.4 Å². The van der Waals surface area contributed by atoms with E-state index in [-0.39, 0.29) is 22.8 Å². The monoisotopic (exact) mass is 359 g/mol. The molecule has 0 aliphatic heterocycles. The molecule has 1 heterocycles. The summed E-state index contributed by atoms with van der Waals surface area (Å²) in [6.45, 7) is -0.179. The molecule has 2 rings (SSSR count). The van der Waals surface area contributed by atoms with Crippen LogP contribution in [0.2, 0.25) is 0 Å². The maximum absolute atomic E-state index is 13.5. The molecular weight excluding hydrogens is 349 g/mol. The third-order valence-electron chi connectivity index (χ3n) is 2.55. The van der Waals surface area contributed by atoms with Crippen LogP contribution in [0, 0.1) is 5.82 Å². The van der Waals surface area contributed by atoms with E-state index in [2.05, 4.69) is 25.6 Å². The highest BCUT2D eigenvalue weighted by molar-refractivity contribution is 9.10. The van der Waals surface area contributed by atoms with Crippen molar-refractivity contribution in [1.29, 1.82) is 0 Å². The molecule has 0 unspecified atom stereocenters. The number of aromatic nitrogens is 1. The summed E-state index contributed by atoms with van der Waals surface area (Å²) in [5.41, 5.74) is 5.75. The number of benzene rings is 1. The molecule has 0 atom stereocenters. The number of nitrogen functional groups attached to an aromatic ring is 1. The summed E-state index contributed by atoms with van der Waals surface area (Å²) in [7, 11) is -3.84. The maximum Gasteiger partial charge on any atom is 0.244 e. The maximum atomic E-state index is 13.5. The summed E-state index contributed by atoms with van der Waals surface area (Å²) in [5.74, 6) is -0.593. The van der Waals surface area contributed by atoms with E-state index in [0.717, 1.165) is 0 Å². The molecule has 0 aliphatic carbocycles. The highest BCUT2D eigenvalue weighted by Crippen LogP contribution is 2.18. The number of halogens is 2. The van der Waals surface area contributed by atoms with Crippen LogP contribution in [-0.2, 0) is 16.6 Å². The SMILES string of the molecule is Nc1ncccc1S(=O)(=O)NCc1cc(Br)ccc1F. The fourth-order valence-corrected chi connectivity index (χ4v) is 3.05. The van der Waals surface area contributed by atoms with Crippen LogP contribution < -0.4 is 10.5 Å². The van der Waals surface area contributed by atoms with Crippen molar-refractivity contribution < 1.29 is 12.8 Å². The van der Waals surface area contributed by atoms with Crippen LogP contribution in [0.1, 0.15) is 5.56 Å². The first-order valence-corrected chi connectivity index (χ1v) is 7.82. The smallest absolute Gasteiger partial charge is 0.244 e. The highest BCUT2D eigenvalue weighted by Gasteiger charge is 2.18. The molecule has 0 aliphatic rings. The molecular formula is C12H11BrFN3O2S. The van der Waals surface area contributed by atoms with Crippen LogP contribution >= 0.6 is 15.9 Å². The van der Waals surface area contributed by atoms with Crippen molar-refractivity contribution in [2.24, 2.45) is 0 Å². The molecule has 20 heavy (non-hydrogen) atoms. The summed E-state index contributed by atoms with van der Waals surface area (Å²) >= 11 is 3.20. The lowest BCUT2D eigenvalue weighted by Crippen LogP contribution is -2.24. The summed E-state index contributed by atoms with van der Waals surface area (Å²) in [5, 5.41) is 0. The van der Waals surface area contributed by atoms with Crippen molar-refractivity contribution in [1.82, 2.24) is 9.71 Å². The fraction of sp³-hybridized carbons (Fsp3) is 0.0833. The molecule has 0 saturated heterocycles. The second-order valence-electron chi connectivity index (χ2n) is 3.95. The topological polar surface area (TPSA) is 85.1 Å². The molecule has 0 fully saturated rings. The number of nitrogens with two attached hydrogens (primary N) is 1. The Labute approximate surface area is 124 Å². The van der Waals surface area contributed by atoms with Gasteiger partial charge in [0.05, 0.1) is 0 Å². The molecule has 5 nitrogen and oxygen atoms in total. The number of nitrogens with zero attached hydrogens (tertiary/aromatic N) is 1. The van der Waals surface area contributed by atoms with Crippen molar-refractivity contribution in [2.45, 2.75) is 11.4 Å². The van der Waals surface area contributed by atoms with Crippen molar-refractivity contribution in [3.63, 3.8) is 0 Å². The summed E-state index contributed by atoms with van der Waals surface area (Å²) in [6, 6.07) is 7.09. The van der Waals surface area contributed by atoms with Gasteiger partial charge in [0.15, 0.2) is 0 Å². The van der Waals surface area contributed by atoms with E-state index in [4.69, 9.17) is 5.73 Å². The van der Waals surface area contributed by atoms with E-state index >= 15 is 0 Å². The fourth-order valence-electron chi connectivity index (χ4n) is 1.56. The standard InChI is InChI=1S/C12H11BrFN3O2S/c13-9-3-4-10(14)8(6-9)7-17-20(18,19)11-2-1-5-16-12(11)15/h1-6,17H,7H2,(H2,15,16). The molecule has 0 bridgehead atoms. The number of nitrogens with one attached hydrogen (secondary N) is 1. The van der Waals surface area contributed by atoms with Crippen molar-refractivity contribution in [3.8, 4) is 0 Å². The summed E-state index contributed by atoms with van der Waals surface area (Å²) < 4.78 is 40.6.